The number of hydrogen-bond acceptors (Lipinski definition) is 5. The fourth-order valence-corrected chi connectivity index (χ4v) is 4.31. The topological polar surface area (TPSA) is 81.3 Å². The van der Waals surface area contributed by atoms with Gasteiger partial charge in [-0.3, -0.25) is 18.6 Å². The maximum absolute atomic E-state index is 13.2. The van der Waals surface area contributed by atoms with E-state index >= 15 is 0 Å². The van der Waals surface area contributed by atoms with Crippen LogP contribution in [-0.4, -0.2) is 30.3 Å². The van der Waals surface area contributed by atoms with E-state index in [2.05, 4.69) is 29.4 Å². The Balaban J connectivity index is 1.54. The normalized spacial score (nSPS) is 12.3. The minimum Gasteiger partial charge on any atom is -0.325 e. The lowest BCUT2D eigenvalue weighted by atomic mass is 10.0. The van der Waals surface area contributed by atoms with Crippen molar-refractivity contribution in [1.82, 2.24) is 19.2 Å². The van der Waals surface area contributed by atoms with E-state index in [9.17, 15) is 14.0 Å². The Morgan fingerprint density at radius 3 is 2.39 bits per heavy atom. The summed E-state index contributed by atoms with van der Waals surface area (Å²) in [4.78, 5) is 25.8. The van der Waals surface area contributed by atoms with Crippen LogP contribution in [0.4, 0.5) is 10.1 Å². The summed E-state index contributed by atoms with van der Waals surface area (Å²) in [6, 6.07) is 13.4. The zero-order valence-electron chi connectivity index (χ0n) is 18.5. The molecule has 0 radical (unpaired) electrons. The first-order valence-corrected chi connectivity index (χ1v) is 11.5. The van der Waals surface area contributed by atoms with Crippen LogP contribution in [0.2, 0.25) is 0 Å². The highest BCUT2D eigenvalue weighted by atomic mass is 32.2. The zero-order valence-corrected chi connectivity index (χ0v) is 19.3. The summed E-state index contributed by atoms with van der Waals surface area (Å²) in [6.07, 6.45) is 3.81. The van der Waals surface area contributed by atoms with Crippen molar-refractivity contribution in [2.24, 2.45) is 0 Å². The molecule has 0 aliphatic heterocycles. The number of thioether (sulfide) groups is 1. The average molecular weight is 466 g/mol. The second-order valence-electron chi connectivity index (χ2n) is 7.91. The van der Waals surface area contributed by atoms with Crippen molar-refractivity contribution in [3.05, 3.63) is 82.7 Å². The third kappa shape index (κ3) is 4.83. The molecule has 0 spiro atoms. The quantitative estimate of drug-likeness (QED) is 0.402. The van der Waals surface area contributed by atoms with Gasteiger partial charge >= 0.3 is 5.56 Å². The van der Waals surface area contributed by atoms with Crippen molar-refractivity contribution in [3.8, 4) is 5.69 Å². The number of hydrogen-bond donors (Lipinski definition) is 1. The summed E-state index contributed by atoms with van der Waals surface area (Å²) < 4.78 is 16.2. The number of aromatic nitrogens is 4. The lowest BCUT2D eigenvalue weighted by Gasteiger charge is -2.14. The number of rotatable bonds is 7. The second kappa shape index (κ2) is 9.58. The molecule has 0 unspecified atom stereocenters. The first-order valence-electron chi connectivity index (χ1n) is 10.7. The van der Waals surface area contributed by atoms with Crippen LogP contribution in [0.3, 0.4) is 0 Å². The molecular weight excluding hydrogens is 441 g/mol. The minimum atomic E-state index is -0.415. The average Bonchev–Trinajstić information content (AvgIpc) is 3.22. The molecule has 9 heteroatoms. The number of fused-ring (bicyclic) bond motifs is 1. The molecule has 2 heterocycles. The van der Waals surface area contributed by atoms with E-state index in [1.54, 1.807) is 16.8 Å². The van der Waals surface area contributed by atoms with Crippen LogP contribution in [0.15, 0.2) is 70.9 Å². The SMILES string of the molecule is CC[C@H](Sc1nnc2c(=O)n(-c3ccc(F)cc3)ccn12)C(=O)Nc1ccc(C(C)C)cc1. The van der Waals surface area contributed by atoms with Crippen molar-refractivity contribution in [2.45, 2.75) is 43.5 Å². The molecule has 2 aromatic carbocycles. The van der Waals surface area contributed by atoms with Gasteiger partial charge < -0.3 is 5.32 Å². The molecule has 7 nitrogen and oxygen atoms in total. The molecule has 0 saturated carbocycles. The number of anilines is 1. The van der Waals surface area contributed by atoms with Crippen molar-refractivity contribution in [2.75, 3.05) is 5.32 Å². The van der Waals surface area contributed by atoms with Gasteiger partial charge in [-0.15, -0.1) is 10.2 Å². The lowest BCUT2D eigenvalue weighted by molar-refractivity contribution is -0.115. The number of benzene rings is 2. The second-order valence-corrected chi connectivity index (χ2v) is 9.08. The monoisotopic (exact) mass is 465 g/mol. The molecule has 33 heavy (non-hydrogen) atoms. The van der Waals surface area contributed by atoms with Crippen LogP contribution in [-0.2, 0) is 4.79 Å². The number of carbonyl (C=O) groups excluding carboxylic acids is 1. The number of nitrogens with one attached hydrogen (secondary N) is 1. The van der Waals surface area contributed by atoms with Gasteiger partial charge in [0.2, 0.25) is 11.6 Å². The Morgan fingerprint density at radius 2 is 1.76 bits per heavy atom. The molecule has 4 rings (SSSR count). The molecule has 1 atom stereocenters. The van der Waals surface area contributed by atoms with Crippen LogP contribution in [0.25, 0.3) is 11.3 Å². The number of amides is 1. The zero-order chi connectivity index (χ0) is 23.5. The summed E-state index contributed by atoms with van der Waals surface area (Å²) in [5, 5.41) is 11.2. The Bertz CT molecular complexity index is 1330. The van der Waals surface area contributed by atoms with Crippen LogP contribution in [0.5, 0.6) is 0 Å². The highest BCUT2D eigenvalue weighted by Gasteiger charge is 2.22. The largest absolute Gasteiger partial charge is 0.325 e. The number of nitrogens with zero attached hydrogens (tertiary/aromatic N) is 4. The number of halogens is 1. The Morgan fingerprint density at radius 1 is 1.06 bits per heavy atom. The van der Waals surface area contributed by atoms with Gasteiger partial charge in [0.25, 0.3) is 0 Å². The fourth-order valence-electron chi connectivity index (χ4n) is 3.37. The molecule has 170 valence electrons. The fraction of sp³-hybridized carbons (Fsp3) is 0.250. The standard InChI is InChI=1S/C24H24FN5O2S/c1-4-20(22(31)26-18-9-5-16(6-10-18)15(2)3)33-24-28-27-21-23(32)29(13-14-30(21)24)19-11-7-17(25)8-12-19/h5-15,20H,4H2,1-3H3,(H,26,31)/t20-/m0/s1. The molecular formula is C24H24FN5O2S. The van der Waals surface area contributed by atoms with E-state index in [0.29, 0.717) is 23.2 Å². The van der Waals surface area contributed by atoms with Gasteiger partial charge in [-0.2, -0.15) is 0 Å². The summed E-state index contributed by atoms with van der Waals surface area (Å²) in [5.74, 6) is -0.104. The van der Waals surface area contributed by atoms with Gasteiger partial charge in [-0.05, 0) is 54.3 Å². The summed E-state index contributed by atoms with van der Waals surface area (Å²) in [6.45, 7) is 6.16. The van der Waals surface area contributed by atoms with Crippen molar-refractivity contribution >= 4 is 29.0 Å². The summed E-state index contributed by atoms with van der Waals surface area (Å²) in [7, 11) is 0. The molecule has 0 aliphatic rings. The summed E-state index contributed by atoms with van der Waals surface area (Å²) >= 11 is 1.25. The van der Waals surface area contributed by atoms with E-state index in [-0.39, 0.29) is 22.9 Å². The van der Waals surface area contributed by atoms with Gasteiger partial charge in [0, 0.05) is 23.8 Å². The predicted octanol–water partition coefficient (Wildman–Crippen LogP) is 4.65. The van der Waals surface area contributed by atoms with Gasteiger partial charge in [0.05, 0.1) is 5.25 Å². The van der Waals surface area contributed by atoms with E-state index < -0.39 is 5.25 Å². The maximum Gasteiger partial charge on any atom is 0.300 e. The van der Waals surface area contributed by atoms with Gasteiger partial charge in [-0.25, -0.2) is 4.39 Å². The lowest BCUT2D eigenvalue weighted by Crippen LogP contribution is -2.25. The first-order chi connectivity index (χ1) is 15.9. The first kappa shape index (κ1) is 22.7. The van der Waals surface area contributed by atoms with E-state index in [1.165, 1.54) is 46.2 Å². The van der Waals surface area contributed by atoms with Gasteiger partial charge in [0.1, 0.15) is 5.82 Å². The third-order valence-corrected chi connectivity index (χ3v) is 6.62. The van der Waals surface area contributed by atoms with Crippen LogP contribution < -0.4 is 10.9 Å². The molecule has 1 amide bonds. The van der Waals surface area contributed by atoms with Gasteiger partial charge in [0.15, 0.2) is 5.16 Å². The molecule has 0 bridgehead atoms. The van der Waals surface area contributed by atoms with Crippen LogP contribution in [0, 0.1) is 5.82 Å². The molecule has 1 N–H and O–H groups in total. The van der Waals surface area contributed by atoms with Crippen molar-refractivity contribution in [1.29, 1.82) is 0 Å². The minimum absolute atomic E-state index is 0.129. The molecule has 4 aromatic rings. The third-order valence-electron chi connectivity index (χ3n) is 5.30. The molecule has 0 aliphatic carbocycles. The Kier molecular flexibility index (Phi) is 6.60. The highest BCUT2D eigenvalue weighted by molar-refractivity contribution is 8.00. The maximum atomic E-state index is 13.2. The molecule has 2 aromatic heterocycles. The smallest absolute Gasteiger partial charge is 0.300 e. The van der Waals surface area contributed by atoms with Crippen molar-refractivity contribution in [3.63, 3.8) is 0 Å². The highest BCUT2D eigenvalue weighted by Crippen LogP contribution is 2.26. The van der Waals surface area contributed by atoms with E-state index in [1.807, 2.05) is 31.2 Å². The van der Waals surface area contributed by atoms with E-state index in [0.717, 1.165) is 5.69 Å². The van der Waals surface area contributed by atoms with Crippen LogP contribution in [0.1, 0.15) is 38.7 Å². The summed E-state index contributed by atoms with van der Waals surface area (Å²) in [5.41, 5.74) is 2.21. The predicted molar refractivity (Wildman–Crippen MR) is 128 cm³/mol. The number of carbonyl (C=O) groups is 1. The Labute approximate surface area is 194 Å². The molecule has 0 fully saturated rings. The molecule has 0 saturated heterocycles. The van der Waals surface area contributed by atoms with Crippen molar-refractivity contribution < 1.29 is 9.18 Å². The van der Waals surface area contributed by atoms with Gasteiger partial charge in [-0.1, -0.05) is 44.7 Å². The Hall–Kier alpha value is -3.46. The van der Waals surface area contributed by atoms with E-state index in [4.69, 9.17) is 0 Å². The van der Waals surface area contributed by atoms with Crippen LogP contribution >= 0.6 is 11.8 Å².